The number of ether oxygens (including phenoxy) is 3. The van der Waals surface area contributed by atoms with Crippen molar-refractivity contribution in [1.29, 1.82) is 0 Å². The number of carbonyl (C=O) groups excluding carboxylic acids is 1. The fourth-order valence-electron chi connectivity index (χ4n) is 3.37. The minimum atomic E-state index is 0.112. The van der Waals surface area contributed by atoms with Crippen LogP contribution < -0.4 is 14.2 Å². The van der Waals surface area contributed by atoms with E-state index in [1.807, 2.05) is 43.0 Å². The van der Waals surface area contributed by atoms with Crippen LogP contribution in [0.1, 0.15) is 28.7 Å². The summed E-state index contributed by atoms with van der Waals surface area (Å²) in [5, 5.41) is 0. The zero-order valence-corrected chi connectivity index (χ0v) is 16.5. The first kappa shape index (κ1) is 19.1. The van der Waals surface area contributed by atoms with E-state index in [1.54, 1.807) is 14.2 Å². The standard InChI is InChI=1S/C22H27NO4/c1-15-5-6-16(2)19(11-15)27-10-8-22(24)23-9-7-17-12-20(25-3)21(26-4)13-18(17)14-23/h5-6,11-13H,7-10,14H2,1-4H3. The number of hydrogen-bond acceptors (Lipinski definition) is 4. The van der Waals surface area contributed by atoms with E-state index in [9.17, 15) is 4.79 Å². The number of benzene rings is 2. The lowest BCUT2D eigenvalue weighted by Gasteiger charge is -2.29. The van der Waals surface area contributed by atoms with E-state index in [-0.39, 0.29) is 5.91 Å². The predicted octanol–water partition coefficient (Wildman–Crippen LogP) is 3.67. The molecular weight excluding hydrogens is 342 g/mol. The zero-order chi connectivity index (χ0) is 19.4. The molecular formula is C22H27NO4. The van der Waals surface area contributed by atoms with Crippen LogP contribution in [0.25, 0.3) is 0 Å². The van der Waals surface area contributed by atoms with Crippen LogP contribution in [0.4, 0.5) is 0 Å². The molecule has 2 aromatic rings. The number of methoxy groups -OCH3 is 2. The predicted molar refractivity (Wildman–Crippen MR) is 105 cm³/mol. The second kappa shape index (κ2) is 8.33. The molecule has 0 aliphatic carbocycles. The Labute approximate surface area is 160 Å². The van der Waals surface area contributed by atoms with Gasteiger partial charge in [-0.25, -0.2) is 0 Å². The van der Waals surface area contributed by atoms with Crippen molar-refractivity contribution in [1.82, 2.24) is 4.90 Å². The lowest BCUT2D eigenvalue weighted by Crippen LogP contribution is -2.36. The van der Waals surface area contributed by atoms with Crippen LogP contribution in [0.3, 0.4) is 0 Å². The monoisotopic (exact) mass is 369 g/mol. The van der Waals surface area contributed by atoms with Gasteiger partial charge in [-0.1, -0.05) is 12.1 Å². The molecule has 0 aromatic heterocycles. The summed E-state index contributed by atoms with van der Waals surface area (Å²) >= 11 is 0. The Hall–Kier alpha value is -2.69. The topological polar surface area (TPSA) is 48.0 Å². The second-order valence-electron chi connectivity index (χ2n) is 6.91. The lowest BCUT2D eigenvalue weighted by molar-refractivity contribution is -0.132. The third-order valence-corrected chi connectivity index (χ3v) is 4.99. The molecule has 0 bridgehead atoms. The molecule has 0 saturated carbocycles. The first-order valence-corrected chi connectivity index (χ1v) is 9.23. The molecule has 3 rings (SSSR count). The highest BCUT2D eigenvalue weighted by Gasteiger charge is 2.22. The first-order chi connectivity index (χ1) is 13.0. The molecule has 1 heterocycles. The van der Waals surface area contributed by atoms with Crippen LogP contribution in [0.2, 0.25) is 0 Å². The average Bonchev–Trinajstić information content (AvgIpc) is 2.68. The summed E-state index contributed by atoms with van der Waals surface area (Å²) in [5.41, 5.74) is 4.56. The highest BCUT2D eigenvalue weighted by Crippen LogP contribution is 2.33. The number of hydrogen-bond donors (Lipinski definition) is 0. The highest BCUT2D eigenvalue weighted by atomic mass is 16.5. The zero-order valence-electron chi connectivity index (χ0n) is 16.5. The van der Waals surface area contributed by atoms with Crippen LogP contribution >= 0.6 is 0 Å². The van der Waals surface area contributed by atoms with Crippen molar-refractivity contribution in [3.63, 3.8) is 0 Å². The van der Waals surface area contributed by atoms with Gasteiger partial charge in [-0.15, -0.1) is 0 Å². The van der Waals surface area contributed by atoms with Gasteiger partial charge in [0.25, 0.3) is 0 Å². The largest absolute Gasteiger partial charge is 0.493 e. The molecule has 5 nitrogen and oxygen atoms in total. The molecule has 0 N–H and O–H groups in total. The fraction of sp³-hybridized carbons (Fsp3) is 0.409. The summed E-state index contributed by atoms with van der Waals surface area (Å²) in [4.78, 5) is 14.5. The van der Waals surface area contributed by atoms with E-state index in [0.717, 1.165) is 34.6 Å². The Balaban J connectivity index is 1.60. The van der Waals surface area contributed by atoms with Crippen molar-refractivity contribution in [3.8, 4) is 17.2 Å². The summed E-state index contributed by atoms with van der Waals surface area (Å²) in [7, 11) is 3.26. The maximum Gasteiger partial charge on any atom is 0.226 e. The van der Waals surface area contributed by atoms with E-state index in [4.69, 9.17) is 14.2 Å². The van der Waals surface area contributed by atoms with Gasteiger partial charge in [0.05, 0.1) is 27.2 Å². The van der Waals surface area contributed by atoms with E-state index >= 15 is 0 Å². The van der Waals surface area contributed by atoms with Gasteiger partial charge in [-0.05, 0) is 60.7 Å². The number of aryl methyl sites for hydroxylation is 2. The van der Waals surface area contributed by atoms with Crippen molar-refractivity contribution < 1.29 is 19.0 Å². The van der Waals surface area contributed by atoms with Crippen molar-refractivity contribution >= 4 is 5.91 Å². The van der Waals surface area contributed by atoms with Crippen LogP contribution in [-0.4, -0.2) is 38.2 Å². The molecule has 0 saturated heterocycles. The number of rotatable bonds is 6. The molecule has 1 aliphatic heterocycles. The van der Waals surface area contributed by atoms with E-state index in [1.165, 1.54) is 5.56 Å². The smallest absolute Gasteiger partial charge is 0.226 e. The van der Waals surface area contributed by atoms with Crippen LogP contribution in [0.15, 0.2) is 30.3 Å². The van der Waals surface area contributed by atoms with Gasteiger partial charge in [0.2, 0.25) is 5.91 Å². The highest BCUT2D eigenvalue weighted by molar-refractivity contribution is 5.76. The first-order valence-electron chi connectivity index (χ1n) is 9.23. The third-order valence-electron chi connectivity index (χ3n) is 4.99. The van der Waals surface area contributed by atoms with E-state index in [0.29, 0.717) is 31.9 Å². The number of fused-ring (bicyclic) bond motifs is 1. The van der Waals surface area contributed by atoms with Gasteiger partial charge in [0, 0.05) is 13.1 Å². The molecule has 1 amide bonds. The Morgan fingerprint density at radius 2 is 1.70 bits per heavy atom. The van der Waals surface area contributed by atoms with Crippen LogP contribution in [0.5, 0.6) is 17.2 Å². The third kappa shape index (κ3) is 4.35. The van der Waals surface area contributed by atoms with Crippen molar-refractivity contribution in [2.75, 3.05) is 27.4 Å². The molecule has 0 unspecified atom stereocenters. The molecule has 0 radical (unpaired) electrons. The number of carbonyl (C=O) groups is 1. The van der Waals surface area contributed by atoms with Crippen molar-refractivity contribution in [2.24, 2.45) is 0 Å². The van der Waals surface area contributed by atoms with Crippen molar-refractivity contribution in [3.05, 3.63) is 52.6 Å². The Kier molecular flexibility index (Phi) is 5.89. The van der Waals surface area contributed by atoms with Gasteiger partial charge in [0.15, 0.2) is 11.5 Å². The summed E-state index contributed by atoms with van der Waals surface area (Å²) in [6, 6.07) is 10.1. The lowest BCUT2D eigenvalue weighted by atomic mass is 9.98. The summed E-state index contributed by atoms with van der Waals surface area (Å²) < 4.78 is 16.6. The normalized spacial score (nSPS) is 13.1. The van der Waals surface area contributed by atoms with E-state index < -0.39 is 0 Å². The maximum absolute atomic E-state index is 12.6. The van der Waals surface area contributed by atoms with Gasteiger partial charge in [-0.2, -0.15) is 0 Å². The molecule has 27 heavy (non-hydrogen) atoms. The van der Waals surface area contributed by atoms with Crippen LogP contribution in [0, 0.1) is 13.8 Å². The Morgan fingerprint density at radius 1 is 1.00 bits per heavy atom. The Bertz CT molecular complexity index is 831. The molecule has 1 aliphatic rings. The minimum absolute atomic E-state index is 0.112. The number of amides is 1. The Morgan fingerprint density at radius 3 is 2.41 bits per heavy atom. The van der Waals surface area contributed by atoms with E-state index in [2.05, 4.69) is 6.07 Å². The maximum atomic E-state index is 12.6. The summed E-state index contributed by atoms with van der Waals surface area (Å²) in [5.74, 6) is 2.39. The van der Waals surface area contributed by atoms with Gasteiger partial charge in [0.1, 0.15) is 5.75 Å². The second-order valence-corrected chi connectivity index (χ2v) is 6.91. The molecule has 5 heteroatoms. The summed E-state index contributed by atoms with van der Waals surface area (Å²) in [6.45, 7) is 5.74. The number of nitrogens with zero attached hydrogens (tertiary/aromatic N) is 1. The quantitative estimate of drug-likeness (QED) is 0.779. The molecule has 0 spiro atoms. The minimum Gasteiger partial charge on any atom is -0.493 e. The SMILES string of the molecule is COc1cc2c(cc1OC)CN(C(=O)CCOc1cc(C)ccc1C)CC2. The molecule has 0 fully saturated rings. The van der Waals surface area contributed by atoms with Gasteiger partial charge in [-0.3, -0.25) is 4.79 Å². The molecule has 144 valence electrons. The fourth-order valence-corrected chi connectivity index (χ4v) is 3.37. The van der Waals surface area contributed by atoms with Crippen molar-refractivity contribution in [2.45, 2.75) is 33.2 Å². The molecule has 2 aromatic carbocycles. The van der Waals surface area contributed by atoms with Crippen LogP contribution in [-0.2, 0) is 17.8 Å². The summed E-state index contributed by atoms with van der Waals surface area (Å²) in [6.07, 6.45) is 1.19. The van der Waals surface area contributed by atoms with Gasteiger partial charge < -0.3 is 19.1 Å². The average molecular weight is 369 g/mol. The van der Waals surface area contributed by atoms with Gasteiger partial charge >= 0.3 is 0 Å². The molecule has 0 atom stereocenters.